The summed E-state index contributed by atoms with van der Waals surface area (Å²) >= 11 is 7.26. The van der Waals surface area contributed by atoms with Crippen LogP contribution < -0.4 is 11.5 Å². The van der Waals surface area contributed by atoms with Gasteiger partial charge in [-0.05, 0) is 36.2 Å². The molecule has 0 atom stereocenters. The lowest BCUT2D eigenvalue weighted by atomic mass is 9.99. The molecule has 2 aromatic heterocycles. The molecule has 0 aliphatic heterocycles. The lowest BCUT2D eigenvalue weighted by Crippen LogP contribution is -2.10. The molecule has 0 fully saturated rings. The summed E-state index contributed by atoms with van der Waals surface area (Å²) in [5.41, 5.74) is 16.9. The minimum atomic E-state index is -0.547. The van der Waals surface area contributed by atoms with Crippen LogP contribution in [0, 0.1) is 6.92 Å². The van der Waals surface area contributed by atoms with E-state index in [1.54, 1.807) is 0 Å². The minimum Gasteiger partial charge on any atom is -0.397 e. The van der Waals surface area contributed by atoms with Crippen molar-refractivity contribution in [3.63, 3.8) is 0 Å². The first-order valence-electron chi connectivity index (χ1n) is 8.30. The number of hydrogen-bond acceptors (Lipinski definition) is 4. The van der Waals surface area contributed by atoms with E-state index in [1.807, 2.05) is 61.5 Å². The molecule has 0 saturated carbocycles. The quantitative estimate of drug-likeness (QED) is 0.497. The summed E-state index contributed by atoms with van der Waals surface area (Å²) in [6, 6.07) is 17.6. The number of aromatic nitrogens is 1. The van der Waals surface area contributed by atoms with Gasteiger partial charge in [-0.2, -0.15) is 0 Å². The number of nitrogen functional groups attached to an aromatic ring is 1. The van der Waals surface area contributed by atoms with Crippen molar-refractivity contribution in [3.05, 3.63) is 70.1 Å². The van der Waals surface area contributed by atoms with E-state index in [4.69, 9.17) is 28.1 Å². The van der Waals surface area contributed by atoms with Gasteiger partial charge in [-0.1, -0.05) is 53.6 Å². The predicted octanol–water partition coefficient (Wildman–Crippen LogP) is 5.27. The number of benzene rings is 2. The number of aryl methyl sites for hydroxylation is 1. The second kappa shape index (κ2) is 6.68. The van der Waals surface area contributed by atoms with Gasteiger partial charge in [0.15, 0.2) is 0 Å². The van der Waals surface area contributed by atoms with E-state index in [1.165, 1.54) is 16.9 Å². The van der Waals surface area contributed by atoms with Crippen LogP contribution in [-0.2, 0) is 0 Å². The maximum Gasteiger partial charge on any atom is 0.260 e. The first-order chi connectivity index (χ1) is 12.9. The van der Waals surface area contributed by atoms with E-state index in [2.05, 4.69) is 0 Å². The van der Waals surface area contributed by atoms with Crippen molar-refractivity contribution in [2.24, 2.45) is 5.73 Å². The van der Waals surface area contributed by atoms with Crippen LogP contribution in [0.3, 0.4) is 0 Å². The van der Waals surface area contributed by atoms with Gasteiger partial charge in [0.1, 0.15) is 9.71 Å². The van der Waals surface area contributed by atoms with Gasteiger partial charge in [0, 0.05) is 16.0 Å². The Balaban J connectivity index is 2.03. The highest BCUT2D eigenvalue weighted by Crippen LogP contribution is 2.41. The number of fused-ring (bicyclic) bond motifs is 1. The second-order valence-electron chi connectivity index (χ2n) is 6.32. The standard InChI is InChI=1S/C21H16ClN3OS/c1-11-2-4-13(5-3-11)16-10-15(12-6-8-14(22)9-7-12)17-18(23)19(20(24)26)27-21(17)25-16/h2-10H,23H2,1H3,(H2,24,26). The minimum absolute atomic E-state index is 0.328. The molecule has 134 valence electrons. The molecule has 0 saturated heterocycles. The first kappa shape index (κ1) is 17.5. The van der Waals surface area contributed by atoms with Gasteiger partial charge >= 0.3 is 0 Å². The average Bonchev–Trinajstić information content (AvgIpc) is 2.99. The van der Waals surface area contributed by atoms with Crippen molar-refractivity contribution < 1.29 is 4.79 Å². The summed E-state index contributed by atoms with van der Waals surface area (Å²) in [5.74, 6) is -0.547. The number of hydrogen-bond donors (Lipinski definition) is 2. The lowest BCUT2D eigenvalue weighted by Gasteiger charge is -2.09. The van der Waals surface area contributed by atoms with Gasteiger partial charge in [0.05, 0.1) is 11.4 Å². The third-order valence-corrected chi connectivity index (χ3v) is 5.79. The van der Waals surface area contributed by atoms with Crippen molar-refractivity contribution in [1.82, 2.24) is 4.98 Å². The number of rotatable bonds is 3. The largest absolute Gasteiger partial charge is 0.397 e. The van der Waals surface area contributed by atoms with Crippen LogP contribution in [0.4, 0.5) is 5.69 Å². The van der Waals surface area contributed by atoms with Crippen molar-refractivity contribution in [2.75, 3.05) is 5.73 Å². The number of amides is 1. The Hall–Kier alpha value is -2.89. The summed E-state index contributed by atoms with van der Waals surface area (Å²) in [5, 5.41) is 1.39. The fraction of sp³-hybridized carbons (Fsp3) is 0.0476. The summed E-state index contributed by atoms with van der Waals surface area (Å²) < 4.78 is 0. The number of carbonyl (C=O) groups excluding carboxylic acids is 1. The SMILES string of the molecule is Cc1ccc(-c2cc(-c3ccc(Cl)cc3)c3c(N)c(C(N)=O)sc3n2)cc1. The van der Waals surface area contributed by atoms with E-state index in [0.29, 0.717) is 20.4 Å². The average molecular weight is 394 g/mol. The molecule has 2 aromatic carbocycles. The number of thiophene rings is 1. The molecule has 4 N–H and O–H groups in total. The molecule has 1 amide bonds. The normalized spacial score (nSPS) is 11.0. The highest BCUT2D eigenvalue weighted by molar-refractivity contribution is 7.21. The van der Waals surface area contributed by atoms with Crippen LogP contribution in [-0.4, -0.2) is 10.9 Å². The Bertz CT molecular complexity index is 1160. The highest BCUT2D eigenvalue weighted by atomic mass is 35.5. The van der Waals surface area contributed by atoms with Gasteiger partial charge in [-0.15, -0.1) is 11.3 Å². The lowest BCUT2D eigenvalue weighted by molar-refractivity contribution is 0.100. The molecule has 27 heavy (non-hydrogen) atoms. The first-order valence-corrected chi connectivity index (χ1v) is 9.49. The summed E-state index contributed by atoms with van der Waals surface area (Å²) in [6.07, 6.45) is 0. The van der Waals surface area contributed by atoms with Crippen LogP contribution in [0.1, 0.15) is 15.2 Å². The van der Waals surface area contributed by atoms with Crippen LogP contribution in [0.5, 0.6) is 0 Å². The molecular formula is C21H16ClN3OS. The highest BCUT2D eigenvalue weighted by Gasteiger charge is 2.20. The number of anilines is 1. The van der Waals surface area contributed by atoms with E-state index in [-0.39, 0.29) is 0 Å². The molecule has 0 aliphatic rings. The Morgan fingerprint density at radius 3 is 2.30 bits per heavy atom. The number of nitrogens with two attached hydrogens (primary N) is 2. The molecular weight excluding hydrogens is 378 g/mol. The smallest absolute Gasteiger partial charge is 0.260 e. The zero-order valence-corrected chi connectivity index (χ0v) is 16.1. The van der Waals surface area contributed by atoms with E-state index >= 15 is 0 Å². The Labute approximate surface area is 165 Å². The third-order valence-electron chi connectivity index (χ3n) is 4.43. The monoisotopic (exact) mass is 393 g/mol. The number of pyridine rings is 1. The topological polar surface area (TPSA) is 82.0 Å². The number of nitrogens with zero attached hydrogens (tertiary/aromatic N) is 1. The summed E-state index contributed by atoms with van der Waals surface area (Å²) in [4.78, 5) is 17.5. The van der Waals surface area contributed by atoms with Crippen molar-refractivity contribution in [3.8, 4) is 22.4 Å². The molecule has 0 bridgehead atoms. The van der Waals surface area contributed by atoms with Gasteiger partial charge in [-0.3, -0.25) is 4.79 Å². The van der Waals surface area contributed by atoms with Crippen LogP contribution in [0.2, 0.25) is 5.02 Å². The zero-order valence-electron chi connectivity index (χ0n) is 14.5. The van der Waals surface area contributed by atoms with Crippen molar-refractivity contribution in [1.29, 1.82) is 0 Å². The van der Waals surface area contributed by atoms with Crippen molar-refractivity contribution >= 4 is 44.7 Å². The molecule has 4 aromatic rings. The fourth-order valence-corrected chi connectivity index (χ4v) is 4.13. The Morgan fingerprint density at radius 1 is 1.04 bits per heavy atom. The molecule has 4 rings (SSSR count). The second-order valence-corrected chi connectivity index (χ2v) is 7.75. The van der Waals surface area contributed by atoms with Crippen LogP contribution in [0.25, 0.3) is 32.6 Å². The maximum atomic E-state index is 11.8. The van der Waals surface area contributed by atoms with Gasteiger partial charge in [0.2, 0.25) is 0 Å². The molecule has 2 heterocycles. The molecule has 6 heteroatoms. The third kappa shape index (κ3) is 3.16. The molecule has 0 unspecified atom stereocenters. The summed E-state index contributed by atoms with van der Waals surface area (Å²) in [6.45, 7) is 2.04. The number of carbonyl (C=O) groups is 1. The van der Waals surface area contributed by atoms with Gasteiger partial charge < -0.3 is 11.5 Å². The molecule has 4 nitrogen and oxygen atoms in total. The van der Waals surface area contributed by atoms with E-state index in [0.717, 1.165) is 27.8 Å². The Kier molecular flexibility index (Phi) is 4.34. The van der Waals surface area contributed by atoms with Crippen LogP contribution in [0.15, 0.2) is 54.6 Å². The Morgan fingerprint density at radius 2 is 1.67 bits per heavy atom. The van der Waals surface area contributed by atoms with E-state index < -0.39 is 5.91 Å². The van der Waals surface area contributed by atoms with Gasteiger partial charge in [-0.25, -0.2) is 4.98 Å². The van der Waals surface area contributed by atoms with Crippen LogP contribution >= 0.6 is 22.9 Å². The molecule has 0 spiro atoms. The fourth-order valence-electron chi connectivity index (χ4n) is 3.03. The molecule has 0 radical (unpaired) electrons. The van der Waals surface area contributed by atoms with Gasteiger partial charge in [0.25, 0.3) is 5.91 Å². The summed E-state index contributed by atoms with van der Waals surface area (Å²) in [7, 11) is 0. The number of halogens is 1. The molecule has 0 aliphatic carbocycles. The zero-order chi connectivity index (χ0) is 19.1. The van der Waals surface area contributed by atoms with E-state index in [9.17, 15) is 4.79 Å². The number of primary amides is 1. The van der Waals surface area contributed by atoms with Crippen molar-refractivity contribution in [2.45, 2.75) is 6.92 Å². The predicted molar refractivity (Wildman–Crippen MR) is 113 cm³/mol. The maximum absolute atomic E-state index is 11.8.